The fraction of sp³-hybridized carbons (Fsp3) is 0.571. The predicted octanol–water partition coefficient (Wildman–Crippen LogP) is 3.29. The smallest absolute Gasteiger partial charge is 0.123 e. The van der Waals surface area contributed by atoms with E-state index in [0.717, 1.165) is 18.7 Å². The molecule has 0 bridgehead atoms. The van der Waals surface area contributed by atoms with Crippen molar-refractivity contribution in [2.45, 2.75) is 39.4 Å². The van der Waals surface area contributed by atoms with Gasteiger partial charge in [-0.15, -0.1) is 0 Å². The summed E-state index contributed by atoms with van der Waals surface area (Å²) in [5, 5.41) is 3.27. The Morgan fingerprint density at radius 1 is 1.24 bits per heavy atom. The zero-order valence-electron chi connectivity index (χ0n) is 11.1. The Hall–Kier alpha value is -0.930. The van der Waals surface area contributed by atoms with E-state index < -0.39 is 0 Å². The minimum absolute atomic E-state index is 0.0458. The molecule has 0 saturated heterocycles. The van der Waals surface area contributed by atoms with Crippen molar-refractivity contribution < 1.29 is 9.13 Å². The molecule has 0 heterocycles. The molecule has 17 heavy (non-hydrogen) atoms. The number of halogens is 1. The Morgan fingerprint density at radius 2 is 1.82 bits per heavy atom. The average molecular weight is 239 g/mol. The van der Waals surface area contributed by atoms with E-state index >= 15 is 0 Å². The first-order chi connectivity index (χ1) is 7.92. The number of nitrogens with one attached hydrogen (secondary N) is 1. The van der Waals surface area contributed by atoms with Crippen molar-refractivity contribution in [1.82, 2.24) is 5.32 Å². The van der Waals surface area contributed by atoms with E-state index in [0.29, 0.717) is 0 Å². The van der Waals surface area contributed by atoms with Gasteiger partial charge in [0.25, 0.3) is 0 Å². The molecule has 1 aromatic rings. The summed E-state index contributed by atoms with van der Waals surface area (Å²) < 4.78 is 18.9. The van der Waals surface area contributed by atoms with Crippen LogP contribution in [-0.4, -0.2) is 18.7 Å². The first-order valence-corrected chi connectivity index (χ1v) is 6.06. The Bertz CT molecular complexity index is 329. The molecule has 0 aliphatic rings. The van der Waals surface area contributed by atoms with Crippen molar-refractivity contribution in [3.63, 3.8) is 0 Å². The van der Waals surface area contributed by atoms with Crippen LogP contribution in [0.15, 0.2) is 24.3 Å². The minimum atomic E-state index is -0.216. The van der Waals surface area contributed by atoms with E-state index in [-0.39, 0.29) is 17.5 Å². The highest BCUT2D eigenvalue weighted by Gasteiger charge is 2.19. The molecule has 0 saturated carbocycles. The van der Waals surface area contributed by atoms with Crippen LogP contribution in [-0.2, 0) is 4.74 Å². The van der Waals surface area contributed by atoms with Gasteiger partial charge in [0, 0.05) is 6.54 Å². The molecule has 1 N–H and O–H groups in total. The Balaban J connectivity index is 2.78. The highest BCUT2D eigenvalue weighted by atomic mass is 19.1. The summed E-state index contributed by atoms with van der Waals surface area (Å²) in [5.41, 5.74) is 0.788. The highest BCUT2D eigenvalue weighted by molar-refractivity contribution is 5.19. The average Bonchev–Trinajstić information content (AvgIpc) is 2.24. The number of hydrogen-bond acceptors (Lipinski definition) is 2. The number of ether oxygens (including phenoxy) is 1. The van der Waals surface area contributed by atoms with Gasteiger partial charge >= 0.3 is 0 Å². The van der Waals surface area contributed by atoms with Crippen LogP contribution in [0.5, 0.6) is 0 Å². The van der Waals surface area contributed by atoms with Crippen molar-refractivity contribution in [1.29, 1.82) is 0 Å². The third-order valence-corrected chi connectivity index (χ3v) is 2.32. The number of likely N-dealkylation sites (N-methyl/N-ethyl adjacent to an activating group) is 1. The molecule has 0 amide bonds. The fourth-order valence-corrected chi connectivity index (χ4v) is 1.61. The maximum atomic E-state index is 12.9. The molecule has 1 atom stereocenters. The quantitative estimate of drug-likeness (QED) is 0.851. The van der Waals surface area contributed by atoms with Crippen molar-refractivity contribution in [3.8, 4) is 0 Å². The third kappa shape index (κ3) is 5.29. The second-order valence-electron chi connectivity index (χ2n) is 5.08. The maximum Gasteiger partial charge on any atom is 0.123 e. The molecular formula is C14H22FNO. The second kappa shape index (κ2) is 6.12. The monoisotopic (exact) mass is 239 g/mol. The van der Waals surface area contributed by atoms with Crippen molar-refractivity contribution >= 4 is 0 Å². The Morgan fingerprint density at radius 3 is 2.29 bits per heavy atom. The number of benzene rings is 1. The van der Waals surface area contributed by atoms with Crippen LogP contribution >= 0.6 is 0 Å². The van der Waals surface area contributed by atoms with E-state index in [9.17, 15) is 4.39 Å². The van der Waals surface area contributed by atoms with Crippen LogP contribution in [0.3, 0.4) is 0 Å². The molecule has 3 heteroatoms. The lowest BCUT2D eigenvalue weighted by Crippen LogP contribution is -2.30. The van der Waals surface area contributed by atoms with Crippen molar-refractivity contribution in [2.75, 3.05) is 13.1 Å². The second-order valence-corrected chi connectivity index (χ2v) is 5.08. The zero-order chi connectivity index (χ0) is 12.9. The summed E-state index contributed by atoms with van der Waals surface area (Å²) in [7, 11) is 0. The van der Waals surface area contributed by atoms with Gasteiger partial charge in [-0.1, -0.05) is 19.1 Å². The van der Waals surface area contributed by atoms with E-state index in [1.807, 2.05) is 20.8 Å². The highest BCUT2D eigenvalue weighted by Crippen LogP contribution is 2.23. The van der Waals surface area contributed by atoms with Crippen molar-refractivity contribution in [2.24, 2.45) is 0 Å². The molecule has 0 fully saturated rings. The molecule has 1 rings (SSSR count). The normalized spacial score (nSPS) is 13.7. The topological polar surface area (TPSA) is 21.3 Å². The Kier molecular flexibility index (Phi) is 5.09. The lowest BCUT2D eigenvalue weighted by atomic mass is 10.1. The van der Waals surface area contributed by atoms with Gasteiger partial charge in [-0.2, -0.15) is 0 Å². The molecule has 0 spiro atoms. The van der Waals surface area contributed by atoms with Crippen LogP contribution in [0.2, 0.25) is 0 Å². The summed E-state index contributed by atoms with van der Waals surface area (Å²) in [4.78, 5) is 0. The van der Waals surface area contributed by atoms with Crippen molar-refractivity contribution in [3.05, 3.63) is 35.6 Å². The minimum Gasteiger partial charge on any atom is -0.367 e. The largest absolute Gasteiger partial charge is 0.367 e. The van der Waals surface area contributed by atoms with Gasteiger partial charge in [-0.25, -0.2) is 4.39 Å². The van der Waals surface area contributed by atoms with E-state index in [1.54, 1.807) is 12.1 Å². The molecule has 96 valence electrons. The third-order valence-electron chi connectivity index (χ3n) is 2.32. The van der Waals surface area contributed by atoms with Gasteiger partial charge in [-0.05, 0) is 45.0 Å². The summed E-state index contributed by atoms with van der Waals surface area (Å²) in [5.74, 6) is -0.216. The molecule has 0 radical (unpaired) electrons. The maximum absolute atomic E-state index is 12.9. The summed E-state index contributed by atoms with van der Waals surface area (Å²) in [6, 6.07) is 6.51. The van der Waals surface area contributed by atoms with Gasteiger partial charge < -0.3 is 10.1 Å². The summed E-state index contributed by atoms with van der Waals surface area (Å²) in [6.45, 7) is 9.75. The van der Waals surface area contributed by atoms with E-state index in [4.69, 9.17) is 4.74 Å². The van der Waals surface area contributed by atoms with E-state index in [1.165, 1.54) is 12.1 Å². The predicted molar refractivity (Wildman–Crippen MR) is 68.5 cm³/mol. The summed E-state index contributed by atoms with van der Waals surface area (Å²) >= 11 is 0. The number of hydrogen-bond donors (Lipinski definition) is 1. The molecular weight excluding hydrogens is 217 g/mol. The zero-order valence-corrected chi connectivity index (χ0v) is 11.1. The van der Waals surface area contributed by atoms with Gasteiger partial charge in [0.1, 0.15) is 5.82 Å². The van der Waals surface area contributed by atoms with Gasteiger partial charge in [0.15, 0.2) is 0 Å². The lowest BCUT2D eigenvalue weighted by Gasteiger charge is -2.28. The van der Waals surface area contributed by atoms with Crippen LogP contribution in [0.25, 0.3) is 0 Å². The van der Waals surface area contributed by atoms with Crippen LogP contribution in [0, 0.1) is 5.82 Å². The van der Waals surface area contributed by atoms with Crippen LogP contribution in [0.1, 0.15) is 39.4 Å². The fourth-order valence-electron chi connectivity index (χ4n) is 1.61. The first kappa shape index (κ1) is 14.1. The molecule has 0 aromatic heterocycles. The van der Waals surface area contributed by atoms with Crippen LogP contribution < -0.4 is 5.32 Å². The SMILES string of the molecule is CCNCC(OC(C)(C)C)c1ccc(F)cc1. The van der Waals surface area contributed by atoms with Crippen LogP contribution in [0.4, 0.5) is 4.39 Å². The number of rotatable bonds is 5. The van der Waals surface area contributed by atoms with E-state index in [2.05, 4.69) is 12.2 Å². The lowest BCUT2D eigenvalue weighted by molar-refractivity contribution is -0.0604. The summed E-state index contributed by atoms with van der Waals surface area (Å²) in [6.07, 6.45) is -0.0458. The first-order valence-electron chi connectivity index (χ1n) is 6.06. The standard InChI is InChI=1S/C14H22FNO/c1-5-16-10-13(17-14(2,3)4)11-6-8-12(15)9-7-11/h6-9,13,16H,5,10H2,1-4H3. The van der Waals surface area contributed by atoms with Gasteiger partial charge in [0.05, 0.1) is 11.7 Å². The Labute approximate surface area is 103 Å². The van der Waals surface area contributed by atoms with Gasteiger partial charge in [-0.3, -0.25) is 0 Å². The molecule has 1 unspecified atom stereocenters. The molecule has 1 aromatic carbocycles. The molecule has 2 nitrogen and oxygen atoms in total. The van der Waals surface area contributed by atoms with Gasteiger partial charge in [0.2, 0.25) is 0 Å². The molecule has 0 aliphatic carbocycles. The molecule has 0 aliphatic heterocycles.